The Morgan fingerprint density at radius 2 is 1.56 bits per heavy atom. The first-order valence-electron chi connectivity index (χ1n) is 11.5. The molecule has 0 spiro atoms. The van der Waals surface area contributed by atoms with Crippen LogP contribution in [0.4, 0.5) is 0 Å². The molecule has 2 aliphatic heterocycles. The Kier molecular flexibility index (Phi) is 7.02. The number of likely N-dealkylation sites (tertiary alicyclic amines) is 2. The first-order chi connectivity index (χ1) is 15.5. The van der Waals surface area contributed by atoms with Crippen LogP contribution in [0.1, 0.15) is 37.7 Å². The molecule has 1 aliphatic carbocycles. The molecule has 0 unspecified atom stereocenters. The highest BCUT2D eigenvalue weighted by Gasteiger charge is 2.46. The summed E-state index contributed by atoms with van der Waals surface area (Å²) in [7, 11) is 0. The molecule has 0 saturated carbocycles. The number of esters is 1. The van der Waals surface area contributed by atoms with Crippen molar-refractivity contribution in [2.45, 2.75) is 38.5 Å². The maximum Gasteiger partial charge on any atom is 0.308 e. The van der Waals surface area contributed by atoms with Gasteiger partial charge >= 0.3 is 5.97 Å². The molecule has 7 heteroatoms. The number of carbonyl (C=O) groups is 4. The zero-order valence-electron chi connectivity index (χ0n) is 18.3. The van der Waals surface area contributed by atoms with Crippen LogP contribution in [0, 0.1) is 17.8 Å². The molecule has 2 fully saturated rings. The van der Waals surface area contributed by atoms with E-state index in [4.69, 9.17) is 4.74 Å². The molecule has 4 rings (SSSR count). The predicted molar refractivity (Wildman–Crippen MR) is 117 cm³/mol. The average Bonchev–Trinajstić information content (AvgIpc) is 3.07. The number of allylic oxidation sites excluding steroid dienone is 2. The second kappa shape index (κ2) is 10.1. The standard InChI is InChI=1S/C25H30N2O5/c28-22(26-13-10-19(11-14-26)16-18-6-2-1-3-7-18)17-32-23(29)12-15-27-24(30)20-8-4-5-9-21(20)25(27)31/h1-7,19-21H,8-17H2/t20-,21-/m1/s1. The highest BCUT2D eigenvalue weighted by atomic mass is 16.5. The van der Waals surface area contributed by atoms with Crippen molar-refractivity contribution in [1.82, 2.24) is 9.80 Å². The van der Waals surface area contributed by atoms with Crippen molar-refractivity contribution >= 4 is 23.7 Å². The molecular formula is C25H30N2O5. The highest BCUT2D eigenvalue weighted by molar-refractivity contribution is 6.05. The summed E-state index contributed by atoms with van der Waals surface area (Å²) >= 11 is 0. The molecule has 0 N–H and O–H groups in total. The molecule has 2 heterocycles. The Labute approximate surface area is 188 Å². The summed E-state index contributed by atoms with van der Waals surface area (Å²) in [5.74, 6) is -1.20. The molecule has 3 amide bonds. The molecule has 2 atom stereocenters. The zero-order chi connectivity index (χ0) is 22.5. The van der Waals surface area contributed by atoms with Gasteiger partial charge in [-0.3, -0.25) is 24.1 Å². The van der Waals surface area contributed by atoms with E-state index >= 15 is 0 Å². The van der Waals surface area contributed by atoms with Gasteiger partial charge in [0.2, 0.25) is 11.8 Å². The van der Waals surface area contributed by atoms with Crippen LogP contribution in [-0.4, -0.2) is 59.7 Å². The van der Waals surface area contributed by atoms with Gasteiger partial charge < -0.3 is 9.64 Å². The van der Waals surface area contributed by atoms with Crippen molar-refractivity contribution in [3.05, 3.63) is 48.0 Å². The van der Waals surface area contributed by atoms with Crippen molar-refractivity contribution < 1.29 is 23.9 Å². The first-order valence-corrected chi connectivity index (χ1v) is 11.5. The first kappa shape index (κ1) is 22.2. The van der Waals surface area contributed by atoms with E-state index in [-0.39, 0.29) is 49.1 Å². The third-order valence-corrected chi connectivity index (χ3v) is 6.83. The second-order valence-electron chi connectivity index (χ2n) is 8.91. The van der Waals surface area contributed by atoms with Crippen LogP contribution in [-0.2, 0) is 30.3 Å². The summed E-state index contributed by atoms with van der Waals surface area (Å²) in [4.78, 5) is 52.3. The third-order valence-electron chi connectivity index (χ3n) is 6.83. The molecule has 2 saturated heterocycles. The summed E-state index contributed by atoms with van der Waals surface area (Å²) < 4.78 is 5.14. The van der Waals surface area contributed by atoms with E-state index in [0.717, 1.165) is 19.3 Å². The molecule has 1 aromatic carbocycles. The number of fused-ring (bicyclic) bond motifs is 1. The van der Waals surface area contributed by atoms with Gasteiger partial charge in [0.05, 0.1) is 18.3 Å². The normalized spacial score (nSPS) is 23.4. The lowest BCUT2D eigenvalue weighted by Crippen LogP contribution is -2.41. The van der Waals surface area contributed by atoms with Crippen LogP contribution in [0.3, 0.4) is 0 Å². The van der Waals surface area contributed by atoms with Crippen LogP contribution in [0.5, 0.6) is 0 Å². The monoisotopic (exact) mass is 438 g/mol. The fourth-order valence-electron chi connectivity index (χ4n) is 4.93. The molecule has 170 valence electrons. The highest BCUT2D eigenvalue weighted by Crippen LogP contribution is 2.35. The molecule has 32 heavy (non-hydrogen) atoms. The minimum absolute atomic E-state index is 0.0164. The van der Waals surface area contributed by atoms with Gasteiger partial charge in [0.15, 0.2) is 6.61 Å². The number of ether oxygens (including phenoxy) is 1. The van der Waals surface area contributed by atoms with Gasteiger partial charge in [0.1, 0.15) is 0 Å². The third kappa shape index (κ3) is 5.09. The van der Waals surface area contributed by atoms with E-state index in [9.17, 15) is 19.2 Å². The Hall–Kier alpha value is -2.96. The van der Waals surface area contributed by atoms with E-state index in [2.05, 4.69) is 12.1 Å². The number of hydrogen-bond acceptors (Lipinski definition) is 5. The summed E-state index contributed by atoms with van der Waals surface area (Å²) in [6, 6.07) is 10.4. The Morgan fingerprint density at radius 3 is 2.19 bits per heavy atom. The number of rotatable bonds is 7. The Morgan fingerprint density at radius 1 is 0.938 bits per heavy atom. The summed E-state index contributed by atoms with van der Waals surface area (Å²) in [5.41, 5.74) is 1.32. The number of benzene rings is 1. The Bertz CT molecular complexity index is 863. The van der Waals surface area contributed by atoms with E-state index in [0.29, 0.717) is 31.8 Å². The maximum atomic E-state index is 12.4. The van der Waals surface area contributed by atoms with Crippen molar-refractivity contribution in [3.8, 4) is 0 Å². The summed E-state index contributed by atoms with van der Waals surface area (Å²) in [6.07, 6.45) is 7.82. The maximum absolute atomic E-state index is 12.4. The van der Waals surface area contributed by atoms with Crippen LogP contribution in [0.15, 0.2) is 42.5 Å². The lowest BCUT2D eigenvalue weighted by atomic mass is 9.85. The topological polar surface area (TPSA) is 84.0 Å². The van der Waals surface area contributed by atoms with Gasteiger partial charge in [0.25, 0.3) is 5.91 Å². The Balaban J connectivity index is 1.15. The largest absolute Gasteiger partial charge is 0.456 e. The van der Waals surface area contributed by atoms with Gasteiger partial charge in [-0.05, 0) is 43.6 Å². The lowest BCUT2D eigenvalue weighted by molar-refractivity contribution is -0.153. The van der Waals surface area contributed by atoms with E-state index < -0.39 is 5.97 Å². The van der Waals surface area contributed by atoms with Crippen LogP contribution < -0.4 is 0 Å². The van der Waals surface area contributed by atoms with Crippen LogP contribution >= 0.6 is 0 Å². The second-order valence-corrected chi connectivity index (χ2v) is 8.91. The van der Waals surface area contributed by atoms with Gasteiger partial charge in [-0.15, -0.1) is 0 Å². The number of amides is 3. The minimum Gasteiger partial charge on any atom is -0.456 e. The molecule has 1 aromatic rings. The minimum atomic E-state index is -0.564. The molecule has 0 aromatic heterocycles. The average molecular weight is 439 g/mol. The predicted octanol–water partition coefficient (Wildman–Crippen LogP) is 2.35. The molecule has 7 nitrogen and oxygen atoms in total. The van der Waals surface area contributed by atoms with Crippen molar-refractivity contribution in [2.24, 2.45) is 17.8 Å². The molecular weight excluding hydrogens is 408 g/mol. The quantitative estimate of drug-likeness (QED) is 0.371. The van der Waals surface area contributed by atoms with Gasteiger partial charge in [-0.25, -0.2) is 0 Å². The van der Waals surface area contributed by atoms with Crippen molar-refractivity contribution in [2.75, 3.05) is 26.2 Å². The number of imide groups is 1. The van der Waals surface area contributed by atoms with E-state index in [1.54, 1.807) is 4.90 Å². The fourth-order valence-corrected chi connectivity index (χ4v) is 4.93. The van der Waals surface area contributed by atoms with Crippen molar-refractivity contribution in [1.29, 1.82) is 0 Å². The van der Waals surface area contributed by atoms with Crippen molar-refractivity contribution in [3.63, 3.8) is 0 Å². The zero-order valence-corrected chi connectivity index (χ0v) is 18.3. The van der Waals surface area contributed by atoms with Gasteiger partial charge in [-0.1, -0.05) is 42.5 Å². The van der Waals surface area contributed by atoms with E-state index in [1.165, 1.54) is 10.5 Å². The lowest BCUT2D eigenvalue weighted by Gasteiger charge is -2.32. The SMILES string of the molecule is O=C(CCN1C(=O)[C@@H]2CC=CC[C@H]2C1=O)OCC(=O)N1CCC(Cc2ccccc2)CC1. The number of piperidine rings is 1. The summed E-state index contributed by atoms with van der Waals surface area (Å²) in [6.45, 7) is 1.06. The van der Waals surface area contributed by atoms with E-state index in [1.807, 2.05) is 30.4 Å². The van der Waals surface area contributed by atoms with Crippen LogP contribution in [0.2, 0.25) is 0 Å². The van der Waals surface area contributed by atoms with Gasteiger partial charge in [0, 0.05) is 19.6 Å². The molecule has 0 bridgehead atoms. The molecule has 0 radical (unpaired) electrons. The number of carbonyl (C=O) groups excluding carboxylic acids is 4. The number of nitrogens with zero attached hydrogens (tertiary/aromatic N) is 2. The fraction of sp³-hybridized carbons (Fsp3) is 0.520. The van der Waals surface area contributed by atoms with Gasteiger partial charge in [-0.2, -0.15) is 0 Å². The summed E-state index contributed by atoms with van der Waals surface area (Å²) in [5, 5.41) is 0. The smallest absolute Gasteiger partial charge is 0.308 e. The number of hydrogen-bond donors (Lipinski definition) is 0. The van der Waals surface area contributed by atoms with Crippen LogP contribution in [0.25, 0.3) is 0 Å². The molecule has 3 aliphatic rings.